The zero-order chi connectivity index (χ0) is 24.2. The lowest BCUT2D eigenvalue weighted by Gasteiger charge is -2.36. The third-order valence-electron chi connectivity index (χ3n) is 6.17. The van der Waals surface area contributed by atoms with Gasteiger partial charge in [-0.1, -0.05) is 36.4 Å². The highest BCUT2D eigenvalue weighted by Crippen LogP contribution is 2.28. The van der Waals surface area contributed by atoms with Crippen LogP contribution in [-0.4, -0.2) is 53.9 Å². The van der Waals surface area contributed by atoms with Crippen molar-refractivity contribution in [2.45, 2.75) is 13.3 Å². The lowest BCUT2D eigenvalue weighted by molar-refractivity contribution is 0.0526. The van der Waals surface area contributed by atoms with Gasteiger partial charge >= 0.3 is 5.97 Å². The number of hydrogen-bond acceptors (Lipinski definition) is 7. The molecule has 5 rings (SSSR count). The SMILES string of the molecule is CCOC(=O)c1ccc(N2CCN(c3nnc(Cc4cccc(F)c4)c4ccccc34)CC2)nc1. The van der Waals surface area contributed by atoms with E-state index in [1.54, 1.807) is 25.3 Å². The van der Waals surface area contributed by atoms with E-state index in [-0.39, 0.29) is 11.8 Å². The summed E-state index contributed by atoms with van der Waals surface area (Å²) in [5.41, 5.74) is 2.15. The number of ether oxygens (including phenoxy) is 1. The smallest absolute Gasteiger partial charge is 0.339 e. The van der Waals surface area contributed by atoms with Gasteiger partial charge in [-0.15, -0.1) is 5.10 Å². The van der Waals surface area contributed by atoms with Crippen molar-refractivity contribution in [3.8, 4) is 0 Å². The molecule has 0 spiro atoms. The molecule has 8 heteroatoms. The second-order valence-corrected chi connectivity index (χ2v) is 8.42. The van der Waals surface area contributed by atoms with Gasteiger partial charge < -0.3 is 14.5 Å². The first-order chi connectivity index (χ1) is 17.1. The van der Waals surface area contributed by atoms with E-state index in [4.69, 9.17) is 4.74 Å². The summed E-state index contributed by atoms with van der Waals surface area (Å²) in [6.45, 7) is 5.20. The molecular formula is C27H26FN5O2. The minimum absolute atomic E-state index is 0.251. The Morgan fingerprint density at radius 2 is 1.71 bits per heavy atom. The maximum atomic E-state index is 13.7. The van der Waals surface area contributed by atoms with Gasteiger partial charge in [-0.2, -0.15) is 5.10 Å². The number of nitrogens with zero attached hydrogens (tertiary/aromatic N) is 5. The van der Waals surface area contributed by atoms with Crippen LogP contribution in [0.5, 0.6) is 0 Å². The van der Waals surface area contributed by atoms with Crippen molar-refractivity contribution < 1.29 is 13.9 Å². The van der Waals surface area contributed by atoms with Crippen molar-refractivity contribution in [3.63, 3.8) is 0 Å². The number of aromatic nitrogens is 3. The van der Waals surface area contributed by atoms with Gasteiger partial charge in [0.05, 0.1) is 17.9 Å². The van der Waals surface area contributed by atoms with E-state index in [1.165, 1.54) is 12.1 Å². The largest absolute Gasteiger partial charge is 0.462 e. The predicted octanol–water partition coefficient (Wildman–Crippen LogP) is 4.26. The first-order valence-corrected chi connectivity index (χ1v) is 11.7. The lowest BCUT2D eigenvalue weighted by atomic mass is 10.0. The third kappa shape index (κ3) is 4.91. The van der Waals surface area contributed by atoms with Crippen molar-refractivity contribution in [1.82, 2.24) is 15.2 Å². The molecule has 0 atom stereocenters. The van der Waals surface area contributed by atoms with Gasteiger partial charge in [-0.05, 0) is 36.8 Å². The zero-order valence-corrected chi connectivity index (χ0v) is 19.5. The summed E-state index contributed by atoms with van der Waals surface area (Å²) in [4.78, 5) is 20.8. The molecule has 0 amide bonds. The molecule has 0 radical (unpaired) electrons. The number of piperazine rings is 1. The van der Waals surface area contributed by atoms with Gasteiger partial charge in [0.25, 0.3) is 0 Å². The summed E-state index contributed by atoms with van der Waals surface area (Å²) >= 11 is 0. The van der Waals surface area contributed by atoms with Crippen LogP contribution in [0.15, 0.2) is 66.9 Å². The molecule has 35 heavy (non-hydrogen) atoms. The molecule has 4 aromatic rings. The van der Waals surface area contributed by atoms with Crippen LogP contribution in [0, 0.1) is 5.82 Å². The number of hydrogen-bond donors (Lipinski definition) is 0. The summed E-state index contributed by atoms with van der Waals surface area (Å²) in [7, 11) is 0. The van der Waals surface area contributed by atoms with Crippen LogP contribution >= 0.6 is 0 Å². The number of carbonyl (C=O) groups is 1. The van der Waals surface area contributed by atoms with Crippen LogP contribution < -0.4 is 9.80 Å². The summed E-state index contributed by atoms with van der Waals surface area (Å²) in [6.07, 6.45) is 2.09. The summed E-state index contributed by atoms with van der Waals surface area (Å²) in [5, 5.41) is 11.2. The highest BCUT2D eigenvalue weighted by molar-refractivity contribution is 5.93. The maximum absolute atomic E-state index is 13.7. The standard InChI is InChI=1S/C27H26FN5O2/c1-2-35-27(34)20-10-11-25(29-18-20)32-12-14-33(15-13-32)26-23-9-4-3-8-22(23)24(30-31-26)17-19-6-5-7-21(28)16-19/h3-11,16,18H,2,12-15,17H2,1H3. The number of fused-ring (bicyclic) bond motifs is 1. The van der Waals surface area contributed by atoms with Crippen LogP contribution in [0.1, 0.15) is 28.5 Å². The Labute approximate surface area is 203 Å². The molecule has 1 fully saturated rings. The van der Waals surface area contributed by atoms with Crippen molar-refractivity contribution in [3.05, 3.63) is 89.5 Å². The number of pyridine rings is 1. The third-order valence-corrected chi connectivity index (χ3v) is 6.17. The first-order valence-electron chi connectivity index (χ1n) is 11.7. The van der Waals surface area contributed by atoms with E-state index in [1.807, 2.05) is 30.3 Å². The van der Waals surface area contributed by atoms with E-state index in [9.17, 15) is 9.18 Å². The Hall–Kier alpha value is -4.07. The van der Waals surface area contributed by atoms with Gasteiger partial charge in [-0.3, -0.25) is 0 Å². The Morgan fingerprint density at radius 1 is 0.943 bits per heavy atom. The number of carbonyl (C=O) groups excluding carboxylic acids is 1. The Kier molecular flexibility index (Phi) is 6.52. The second kappa shape index (κ2) is 10.0. The van der Waals surface area contributed by atoms with Gasteiger partial charge in [0, 0.05) is 49.6 Å². The summed E-state index contributed by atoms with van der Waals surface area (Å²) < 4.78 is 18.7. The molecule has 0 N–H and O–H groups in total. The Bertz CT molecular complexity index is 1340. The van der Waals surface area contributed by atoms with Crippen LogP contribution in [0.2, 0.25) is 0 Å². The molecule has 0 saturated carbocycles. The van der Waals surface area contributed by atoms with E-state index in [0.717, 1.165) is 59.8 Å². The molecule has 1 saturated heterocycles. The van der Waals surface area contributed by atoms with Gasteiger partial charge in [0.15, 0.2) is 5.82 Å². The summed E-state index contributed by atoms with van der Waals surface area (Å²) in [6, 6.07) is 18.3. The van der Waals surface area contributed by atoms with Crippen LogP contribution in [0.4, 0.5) is 16.0 Å². The lowest BCUT2D eigenvalue weighted by Crippen LogP contribution is -2.47. The molecule has 0 unspecified atom stereocenters. The number of benzene rings is 2. The van der Waals surface area contributed by atoms with Crippen molar-refractivity contribution >= 4 is 28.4 Å². The van der Waals surface area contributed by atoms with Crippen molar-refractivity contribution in [2.24, 2.45) is 0 Å². The normalized spacial score (nSPS) is 13.8. The molecule has 2 aromatic heterocycles. The molecule has 0 bridgehead atoms. The predicted molar refractivity (Wildman–Crippen MR) is 133 cm³/mol. The average molecular weight is 472 g/mol. The molecule has 0 aliphatic carbocycles. The van der Waals surface area contributed by atoms with E-state index < -0.39 is 0 Å². The number of esters is 1. The first kappa shape index (κ1) is 22.7. The van der Waals surface area contributed by atoms with Crippen molar-refractivity contribution in [1.29, 1.82) is 0 Å². The molecular weight excluding hydrogens is 445 g/mol. The fourth-order valence-corrected chi connectivity index (χ4v) is 4.41. The van der Waals surface area contributed by atoms with Crippen LogP contribution in [0.3, 0.4) is 0 Å². The Balaban J connectivity index is 1.32. The van der Waals surface area contributed by atoms with Gasteiger partial charge in [0.2, 0.25) is 0 Å². The van der Waals surface area contributed by atoms with Gasteiger partial charge in [-0.25, -0.2) is 14.2 Å². The Morgan fingerprint density at radius 3 is 2.43 bits per heavy atom. The topological polar surface area (TPSA) is 71.5 Å². The number of rotatable bonds is 6. The van der Waals surface area contributed by atoms with Crippen molar-refractivity contribution in [2.75, 3.05) is 42.6 Å². The monoisotopic (exact) mass is 471 g/mol. The minimum atomic E-state index is -0.359. The molecule has 2 aromatic carbocycles. The zero-order valence-electron chi connectivity index (χ0n) is 19.5. The summed E-state index contributed by atoms with van der Waals surface area (Å²) in [5.74, 6) is 1.08. The molecule has 1 aliphatic rings. The number of halogens is 1. The van der Waals surface area contributed by atoms with Crippen LogP contribution in [-0.2, 0) is 11.2 Å². The minimum Gasteiger partial charge on any atom is -0.462 e. The fourth-order valence-electron chi connectivity index (χ4n) is 4.41. The van der Waals surface area contributed by atoms with E-state index in [2.05, 4.69) is 31.0 Å². The van der Waals surface area contributed by atoms with E-state index >= 15 is 0 Å². The highest BCUT2D eigenvalue weighted by atomic mass is 19.1. The molecule has 3 heterocycles. The fraction of sp³-hybridized carbons (Fsp3) is 0.259. The maximum Gasteiger partial charge on any atom is 0.339 e. The number of anilines is 2. The average Bonchev–Trinajstić information content (AvgIpc) is 2.89. The second-order valence-electron chi connectivity index (χ2n) is 8.42. The quantitative estimate of drug-likeness (QED) is 0.389. The van der Waals surface area contributed by atoms with Crippen LogP contribution in [0.25, 0.3) is 10.8 Å². The highest BCUT2D eigenvalue weighted by Gasteiger charge is 2.22. The molecule has 7 nitrogen and oxygen atoms in total. The molecule has 178 valence electrons. The van der Waals surface area contributed by atoms with E-state index in [0.29, 0.717) is 18.6 Å². The molecule has 1 aliphatic heterocycles. The van der Waals surface area contributed by atoms with Gasteiger partial charge in [0.1, 0.15) is 11.6 Å².